The Balaban J connectivity index is 2.92. The van der Waals surface area contributed by atoms with Crippen molar-refractivity contribution in [2.24, 2.45) is 3.96 Å². The molecule has 1 aromatic carbocycles. The van der Waals surface area contributed by atoms with Gasteiger partial charge in [-0.2, -0.15) is 0 Å². The predicted molar refractivity (Wildman–Crippen MR) is 56.2 cm³/mol. The van der Waals surface area contributed by atoms with Crippen LogP contribution < -0.4 is 4.46 Å². The molecule has 2 nitrogen and oxygen atoms in total. The second-order valence-corrected chi connectivity index (χ2v) is 6.32. The van der Waals surface area contributed by atoms with Crippen molar-refractivity contribution in [3.63, 3.8) is 0 Å². The maximum atomic E-state index is 9.81. The molecule has 0 bridgehead atoms. The molecule has 0 aliphatic heterocycles. The average Bonchev–Trinajstić information content (AvgIpc) is 2.03. The first kappa shape index (κ1) is 10.6. The molecule has 1 atom stereocenters. The third-order valence-electron chi connectivity index (χ3n) is 1.31. The van der Waals surface area contributed by atoms with Gasteiger partial charge in [0.15, 0.2) is 0 Å². The van der Waals surface area contributed by atoms with Gasteiger partial charge in [-0.3, -0.25) is 0 Å². The quantitative estimate of drug-likeness (QED) is 0.745. The molecule has 0 saturated heterocycles. The van der Waals surface area contributed by atoms with Crippen molar-refractivity contribution in [3.8, 4) is 0 Å². The van der Waals surface area contributed by atoms with Crippen LogP contribution in [0.2, 0.25) is 0 Å². The van der Waals surface area contributed by atoms with E-state index >= 15 is 0 Å². The summed E-state index contributed by atoms with van der Waals surface area (Å²) in [7, 11) is 0. The van der Waals surface area contributed by atoms with Crippen LogP contribution >= 0.6 is 0 Å². The summed E-state index contributed by atoms with van der Waals surface area (Å²) in [5, 5.41) is 0. The van der Waals surface area contributed by atoms with Crippen LogP contribution in [0.25, 0.3) is 0 Å². The minimum absolute atomic E-state index is 0.144. The van der Waals surface area contributed by atoms with E-state index in [0.29, 0.717) is 0 Å². The monoisotopic (exact) mass is 245 g/mol. The summed E-state index contributed by atoms with van der Waals surface area (Å²) in [6.07, 6.45) is 0. The van der Waals surface area contributed by atoms with Crippen molar-refractivity contribution < 1.29 is 4.19 Å². The molecule has 3 heteroatoms. The topological polar surface area (TPSA) is 32.6 Å². The zero-order valence-electron chi connectivity index (χ0n) is 8.19. The van der Waals surface area contributed by atoms with Crippen LogP contribution in [0.1, 0.15) is 20.8 Å². The van der Waals surface area contributed by atoms with Gasteiger partial charge in [0, 0.05) is 0 Å². The Kier molecular flexibility index (Phi) is 3.37. The van der Waals surface area contributed by atoms with E-state index in [1.807, 2.05) is 51.1 Å². The van der Waals surface area contributed by atoms with Gasteiger partial charge in [-0.25, -0.2) is 0 Å². The van der Waals surface area contributed by atoms with Crippen molar-refractivity contribution in [2.75, 3.05) is 0 Å². The molecule has 1 aromatic rings. The fourth-order valence-corrected chi connectivity index (χ4v) is 3.00. The van der Waals surface area contributed by atoms with Crippen molar-refractivity contribution in [1.29, 1.82) is 0 Å². The number of rotatable bonds is 1. The molecular weight excluding hydrogens is 229 g/mol. The molecule has 1 rings (SSSR count). The Labute approximate surface area is 83.6 Å². The average molecular weight is 244 g/mol. The Morgan fingerprint density at radius 2 is 1.69 bits per heavy atom. The van der Waals surface area contributed by atoms with Gasteiger partial charge in [-0.15, -0.1) is 0 Å². The third kappa shape index (κ3) is 3.81. The normalized spacial score (nSPS) is 14.5. The van der Waals surface area contributed by atoms with Crippen molar-refractivity contribution in [2.45, 2.75) is 26.3 Å². The first-order chi connectivity index (χ1) is 5.99. The second-order valence-electron chi connectivity index (χ2n) is 3.84. The van der Waals surface area contributed by atoms with E-state index in [9.17, 15) is 4.19 Å². The summed E-state index contributed by atoms with van der Waals surface area (Å²) >= 11 is -1.93. The third-order valence-corrected chi connectivity index (χ3v) is 4.28. The number of hydrogen-bond donors (Lipinski definition) is 1. The van der Waals surface area contributed by atoms with Crippen molar-refractivity contribution >= 4 is 18.5 Å². The number of benzene rings is 1. The second kappa shape index (κ2) is 4.14. The minimum atomic E-state index is -1.93. The summed E-state index contributed by atoms with van der Waals surface area (Å²) < 4.78 is 15.1. The Bertz CT molecular complexity index is 300. The number of hydrogen-bond acceptors (Lipinski definition) is 1. The first-order valence-corrected chi connectivity index (χ1v) is 6.59. The molecule has 72 valence electrons. The van der Waals surface area contributed by atoms with Crippen LogP contribution in [0.15, 0.2) is 34.3 Å². The van der Waals surface area contributed by atoms with Gasteiger partial charge in [0.25, 0.3) is 0 Å². The molecule has 1 unspecified atom stereocenters. The summed E-state index contributed by atoms with van der Waals surface area (Å²) in [6, 6.07) is 9.67. The summed E-state index contributed by atoms with van der Waals surface area (Å²) in [5.41, 5.74) is -0.144. The van der Waals surface area contributed by atoms with Gasteiger partial charge in [-0.05, 0) is 0 Å². The first-order valence-electron chi connectivity index (χ1n) is 4.20. The zero-order chi connectivity index (χ0) is 9.90. The summed E-state index contributed by atoms with van der Waals surface area (Å²) in [6.45, 7) is 6.01. The van der Waals surface area contributed by atoms with E-state index < -0.39 is 14.0 Å². The SMILES string of the molecule is CC(C)(C)N=[Se](O)c1ccccc1. The van der Waals surface area contributed by atoms with Crippen LogP contribution in [0.3, 0.4) is 0 Å². The van der Waals surface area contributed by atoms with E-state index in [-0.39, 0.29) is 5.54 Å². The molecule has 0 heterocycles. The molecule has 0 aliphatic rings. The van der Waals surface area contributed by atoms with Crippen LogP contribution in [0.5, 0.6) is 0 Å². The van der Waals surface area contributed by atoms with E-state index in [4.69, 9.17) is 0 Å². The maximum absolute atomic E-state index is 9.81. The van der Waals surface area contributed by atoms with E-state index in [0.717, 1.165) is 4.46 Å². The van der Waals surface area contributed by atoms with E-state index in [1.165, 1.54) is 0 Å². The predicted octanol–water partition coefficient (Wildman–Crippen LogP) is 1.44. The number of nitrogens with zero attached hydrogens (tertiary/aromatic N) is 1. The zero-order valence-corrected chi connectivity index (χ0v) is 9.90. The fourth-order valence-electron chi connectivity index (χ4n) is 0.854. The van der Waals surface area contributed by atoms with Gasteiger partial charge >= 0.3 is 83.3 Å². The van der Waals surface area contributed by atoms with Crippen LogP contribution in [0.4, 0.5) is 0 Å². The van der Waals surface area contributed by atoms with Crippen molar-refractivity contribution in [3.05, 3.63) is 30.3 Å². The molecule has 0 fully saturated rings. The fraction of sp³-hybridized carbons (Fsp3) is 0.400. The molecule has 0 aromatic heterocycles. The molecule has 1 N–H and O–H groups in total. The van der Waals surface area contributed by atoms with Gasteiger partial charge in [0.05, 0.1) is 0 Å². The van der Waals surface area contributed by atoms with Gasteiger partial charge in [0.2, 0.25) is 0 Å². The standard InChI is InChI=1S/C10H15NOSe/c1-10(2,3)11-13(12)9-7-5-4-6-8-9/h4-8H,1-3H3,(H,11,12). The van der Waals surface area contributed by atoms with E-state index in [2.05, 4.69) is 3.96 Å². The molecule has 0 aliphatic carbocycles. The van der Waals surface area contributed by atoms with Gasteiger partial charge in [-0.1, -0.05) is 0 Å². The Hall–Kier alpha value is -0.501. The molecule has 0 spiro atoms. The molecule has 13 heavy (non-hydrogen) atoms. The molecular formula is C10H15NOSe. The van der Waals surface area contributed by atoms with Crippen molar-refractivity contribution in [1.82, 2.24) is 0 Å². The Morgan fingerprint density at radius 3 is 2.15 bits per heavy atom. The molecule has 0 saturated carbocycles. The van der Waals surface area contributed by atoms with Gasteiger partial charge < -0.3 is 0 Å². The summed E-state index contributed by atoms with van der Waals surface area (Å²) in [4.78, 5) is 0. The van der Waals surface area contributed by atoms with Crippen LogP contribution in [-0.2, 0) is 0 Å². The van der Waals surface area contributed by atoms with Gasteiger partial charge in [0.1, 0.15) is 0 Å². The van der Waals surface area contributed by atoms with Crippen LogP contribution in [-0.4, -0.2) is 23.8 Å². The van der Waals surface area contributed by atoms with E-state index in [1.54, 1.807) is 0 Å². The molecule has 0 amide bonds. The molecule has 0 radical (unpaired) electrons. The van der Waals surface area contributed by atoms with Crippen LogP contribution in [0, 0.1) is 0 Å². The summed E-state index contributed by atoms with van der Waals surface area (Å²) in [5.74, 6) is 0. The Morgan fingerprint density at radius 1 is 1.15 bits per heavy atom.